The first-order valence-electron chi connectivity index (χ1n) is 9.58. The van der Waals surface area contributed by atoms with Crippen molar-refractivity contribution in [3.8, 4) is 11.4 Å². The van der Waals surface area contributed by atoms with Gasteiger partial charge in [-0.3, -0.25) is 19.3 Å². The van der Waals surface area contributed by atoms with Gasteiger partial charge in [-0.15, -0.1) is 0 Å². The summed E-state index contributed by atoms with van der Waals surface area (Å²) in [6.45, 7) is -0.414. The van der Waals surface area contributed by atoms with Crippen LogP contribution in [0.2, 0.25) is 0 Å². The molecule has 0 saturated carbocycles. The van der Waals surface area contributed by atoms with Crippen LogP contribution in [0.4, 0.5) is 14.9 Å². The van der Waals surface area contributed by atoms with Gasteiger partial charge in [0.1, 0.15) is 18.1 Å². The largest absolute Gasteiger partial charge is 0.497 e. The summed E-state index contributed by atoms with van der Waals surface area (Å²) in [6, 6.07) is 16.3. The number of hydrogen-bond donors (Lipinski definition) is 1. The second kappa shape index (κ2) is 9.11. The quantitative estimate of drug-likeness (QED) is 0.565. The molecule has 162 valence electrons. The Balaban J connectivity index is 1.49. The van der Waals surface area contributed by atoms with Gasteiger partial charge < -0.3 is 14.6 Å². The van der Waals surface area contributed by atoms with E-state index in [2.05, 4.69) is 5.32 Å². The molecule has 1 N–H and O–H groups in total. The number of para-hydroxylation sites is 1. The van der Waals surface area contributed by atoms with E-state index >= 15 is 0 Å². The summed E-state index contributed by atoms with van der Waals surface area (Å²) < 4.78 is 20.8. The van der Waals surface area contributed by atoms with Gasteiger partial charge in [0.2, 0.25) is 5.91 Å². The first kappa shape index (κ1) is 21.4. The molecule has 2 aromatic carbocycles. The van der Waals surface area contributed by atoms with E-state index in [9.17, 15) is 18.8 Å². The number of carbonyl (C=O) groups is 3. The molecule has 32 heavy (non-hydrogen) atoms. The fourth-order valence-corrected chi connectivity index (χ4v) is 3.99. The van der Waals surface area contributed by atoms with Gasteiger partial charge in [0, 0.05) is 17.6 Å². The molecule has 1 aromatic heterocycles. The van der Waals surface area contributed by atoms with Gasteiger partial charge >= 0.3 is 0 Å². The second-order valence-electron chi connectivity index (χ2n) is 6.80. The molecule has 0 bridgehead atoms. The molecule has 1 aliphatic heterocycles. The number of hydrogen-bond acceptors (Lipinski definition) is 5. The maximum Gasteiger partial charge on any atom is 0.294 e. The Morgan fingerprint density at radius 1 is 1.09 bits per heavy atom. The van der Waals surface area contributed by atoms with Crippen LogP contribution in [0.1, 0.15) is 5.69 Å². The van der Waals surface area contributed by atoms with Crippen LogP contribution in [0, 0.1) is 5.82 Å². The molecule has 3 aromatic rings. The lowest BCUT2D eigenvalue weighted by Crippen LogP contribution is -2.36. The van der Waals surface area contributed by atoms with E-state index in [-0.39, 0.29) is 4.91 Å². The lowest BCUT2D eigenvalue weighted by atomic mass is 10.3. The Labute approximate surface area is 187 Å². The van der Waals surface area contributed by atoms with E-state index in [0.29, 0.717) is 22.8 Å². The first-order chi connectivity index (χ1) is 15.5. The predicted molar refractivity (Wildman–Crippen MR) is 120 cm³/mol. The maximum atomic E-state index is 14.2. The molecule has 7 nitrogen and oxygen atoms in total. The molecule has 1 aliphatic rings. The third-order valence-electron chi connectivity index (χ3n) is 4.72. The summed E-state index contributed by atoms with van der Waals surface area (Å²) in [5, 5.41) is 2.10. The minimum Gasteiger partial charge on any atom is -0.497 e. The fraction of sp³-hybridized carbons (Fsp3) is 0.0870. The Morgan fingerprint density at radius 3 is 2.56 bits per heavy atom. The molecule has 3 amide bonds. The molecule has 1 fully saturated rings. The van der Waals surface area contributed by atoms with Crippen LogP contribution in [0.5, 0.6) is 5.75 Å². The number of aromatic nitrogens is 1. The minimum absolute atomic E-state index is 0.156. The number of benzene rings is 2. The highest BCUT2D eigenvalue weighted by atomic mass is 32.2. The summed E-state index contributed by atoms with van der Waals surface area (Å²) in [6.07, 6.45) is 3.18. The second-order valence-corrected chi connectivity index (χ2v) is 7.79. The molecule has 0 spiro atoms. The molecular formula is C23H18FN3O4S. The van der Waals surface area contributed by atoms with E-state index in [1.54, 1.807) is 65.4 Å². The third-order valence-corrected chi connectivity index (χ3v) is 5.63. The van der Waals surface area contributed by atoms with E-state index in [1.165, 1.54) is 19.3 Å². The Morgan fingerprint density at radius 2 is 1.84 bits per heavy atom. The van der Waals surface area contributed by atoms with Crippen LogP contribution in [0.25, 0.3) is 11.8 Å². The van der Waals surface area contributed by atoms with Crippen LogP contribution in [0.15, 0.2) is 71.8 Å². The zero-order valence-corrected chi connectivity index (χ0v) is 17.8. The molecule has 1 saturated heterocycles. The fourth-order valence-electron chi connectivity index (χ4n) is 3.17. The van der Waals surface area contributed by atoms with Crippen LogP contribution < -0.4 is 10.1 Å². The van der Waals surface area contributed by atoms with Crippen LogP contribution in [-0.2, 0) is 9.59 Å². The zero-order valence-electron chi connectivity index (χ0n) is 16.9. The van der Waals surface area contributed by atoms with Crippen molar-refractivity contribution in [3.63, 3.8) is 0 Å². The lowest BCUT2D eigenvalue weighted by Gasteiger charge is -2.12. The van der Waals surface area contributed by atoms with Gasteiger partial charge in [-0.1, -0.05) is 12.1 Å². The van der Waals surface area contributed by atoms with Gasteiger partial charge in [0.25, 0.3) is 11.1 Å². The van der Waals surface area contributed by atoms with E-state index in [4.69, 9.17) is 4.74 Å². The van der Waals surface area contributed by atoms with Gasteiger partial charge in [-0.25, -0.2) is 4.39 Å². The number of thioether (sulfide) groups is 1. The van der Waals surface area contributed by atoms with Gasteiger partial charge in [0.15, 0.2) is 0 Å². The number of nitrogens with zero attached hydrogens (tertiary/aromatic N) is 2. The standard InChI is InChI=1S/C23H18FN3O4S/c1-31-17-10-8-15(9-11-17)25-21(28)14-27-22(29)20(32-23(27)30)13-16-5-4-12-26(16)19-7-3-2-6-18(19)24/h2-13H,14H2,1H3,(H,25,28)/b20-13+. The molecule has 9 heteroatoms. The maximum absolute atomic E-state index is 14.2. The zero-order chi connectivity index (χ0) is 22.7. The molecule has 0 aliphatic carbocycles. The average molecular weight is 451 g/mol. The number of rotatable bonds is 6. The normalized spacial score (nSPS) is 14.8. The Bertz CT molecular complexity index is 1220. The van der Waals surface area contributed by atoms with Crippen LogP contribution >= 0.6 is 11.8 Å². The molecule has 0 radical (unpaired) electrons. The smallest absolute Gasteiger partial charge is 0.294 e. The summed E-state index contributed by atoms with van der Waals surface area (Å²) in [4.78, 5) is 38.5. The monoisotopic (exact) mass is 451 g/mol. The van der Waals surface area contributed by atoms with Crippen molar-refractivity contribution in [2.75, 3.05) is 19.0 Å². The van der Waals surface area contributed by atoms with Gasteiger partial charge in [-0.05, 0) is 66.4 Å². The van der Waals surface area contributed by atoms with E-state index in [0.717, 1.165) is 16.7 Å². The van der Waals surface area contributed by atoms with Crippen molar-refractivity contribution in [2.45, 2.75) is 0 Å². The summed E-state index contributed by atoms with van der Waals surface area (Å²) in [5.74, 6) is -0.861. The summed E-state index contributed by atoms with van der Waals surface area (Å²) in [5.41, 5.74) is 1.37. The number of methoxy groups -OCH3 is 1. The number of amides is 3. The highest BCUT2D eigenvalue weighted by Crippen LogP contribution is 2.32. The highest BCUT2D eigenvalue weighted by molar-refractivity contribution is 8.18. The van der Waals surface area contributed by atoms with Crippen LogP contribution in [-0.4, -0.2) is 40.2 Å². The Hall–Kier alpha value is -3.85. The number of imide groups is 1. The van der Waals surface area contributed by atoms with Gasteiger partial charge in [0.05, 0.1) is 17.7 Å². The number of ether oxygens (including phenoxy) is 1. The SMILES string of the molecule is COc1ccc(NC(=O)CN2C(=O)S/C(=C/c3cccn3-c3ccccc3F)C2=O)cc1. The third kappa shape index (κ3) is 4.42. The number of nitrogens with one attached hydrogen (secondary N) is 1. The molecular weight excluding hydrogens is 433 g/mol. The van der Waals surface area contributed by atoms with Crippen molar-refractivity contribution in [3.05, 3.63) is 83.3 Å². The van der Waals surface area contributed by atoms with Gasteiger partial charge in [-0.2, -0.15) is 0 Å². The van der Waals surface area contributed by atoms with E-state index < -0.39 is 29.4 Å². The number of carbonyl (C=O) groups excluding carboxylic acids is 3. The van der Waals surface area contributed by atoms with Crippen molar-refractivity contribution >= 4 is 40.6 Å². The average Bonchev–Trinajstić information content (AvgIpc) is 3.34. The molecule has 0 atom stereocenters. The molecule has 2 heterocycles. The Kier molecular flexibility index (Phi) is 6.09. The number of anilines is 1. The summed E-state index contributed by atoms with van der Waals surface area (Å²) in [7, 11) is 1.54. The predicted octanol–water partition coefficient (Wildman–Crippen LogP) is 4.30. The molecule has 4 rings (SSSR count). The summed E-state index contributed by atoms with van der Waals surface area (Å²) >= 11 is 0.736. The molecule has 0 unspecified atom stereocenters. The lowest BCUT2D eigenvalue weighted by molar-refractivity contribution is -0.127. The first-order valence-corrected chi connectivity index (χ1v) is 10.4. The van der Waals surface area contributed by atoms with Crippen molar-refractivity contribution in [1.82, 2.24) is 9.47 Å². The van der Waals surface area contributed by atoms with E-state index in [1.807, 2.05) is 0 Å². The highest BCUT2D eigenvalue weighted by Gasteiger charge is 2.36. The minimum atomic E-state index is -0.578. The number of halogens is 1. The van der Waals surface area contributed by atoms with Crippen molar-refractivity contribution < 1.29 is 23.5 Å². The van der Waals surface area contributed by atoms with Crippen LogP contribution in [0.3, 0.4) is 0 Å². The van der Waals surface area contributed by atoms with Crippen molar-refractivity contribution in [2.24, 2.45) is 0 Å². The topological polar surface area (TPSA) is 80.6 Å². The van der Waals surface area contributed by atoms with Crippen molar-refractivity contribution in [1.29, 1.82) is 0 Å².